The molecule has 1 aromatic rings. The molecule has 0 atom stereocenters. The van der Waals surface area contributed by atoms with E-state index >= 15 is 0 Å². The Morgan fingerprint density at radius 2 is 2.12 bits per heavy atom. The van der Waals surface area contributed by atoms with Crippen molar-refractivity contribution in [1.82, 2.24) is 4.72 Å². The van der Waals surface area contributed by atoms with E-state index in [4.69, 9.17) is 16.3 Å². The lowest BCUT2D eigenvalue weighted by molar-refractivity contribution is 0.321. The second-order valence-electron chi connectivity index (χ2n) is 3.56. The van der Waals surface area contributed by atoms with Crippen molar-refractivity contribution in [2.75, 3.05) is 18.9 Å². The van der Waals surface area contributed by atoms with E-state index in [-0.39, 0.29) is 12.3 Å². The molecule has 6 heteroatoms. The largest absolute Gasteiger partial charge is 0.492 e. The van der Waals surface area contributed by atoms with Crippen molar-refractivity contribution in [2.24, 2.45) is 0 Å². The number of hydrogen-bond donors (Lipinski definition) is 1. The van der Waals surface area contributed by atoms with Crippen LogP contribution in [0, 0.1) is 6.92 Å². The lowest BCUT2D eigenvalue weighted by Crippen LogP contribution is -2.29. The average Bonchev–Trinajstić information content (AvgIpc) is 2.27. The van der Waals surface area contributed by atoms with E-state index in [9.17, 15) is 8.42 Å². The Hall–Kier alpha value is -0.780. The van der Waals surface area contributed by atoms with Gasteiger partial charge in [0, 0.05) is 11.6 Å². The fraction of sp³-hybridized carbons (Fsp3) is 0.455. The van der Waals surface area contributed by atoms with Gasteiger partial charge in [0.05, 0.1) is 5.75 Å². The van der Waals surface area contributed by atoms with Crippen LogP contribution in [0.15, 0.2) is 18.2 Å². The van der Waals surface area contributed by atoms with Crippen LogP contribution in [0.1, 0.15) is 12.5 Å². The summed E-state index contributed by atoms with van der Waals surface area (Å²) in [5, 5.41) is 0.654. The summed E-state index contributed by atoms with van der Waals surface area (Å²) in [6.45, 7) is 4.03. The fourth-order valence-corrected chi connectivity index (χ4v) is 2.06. The van der Waals surface area contributed by atoms with Gasteiger partial charge in [0.2, 0.25) is 10.0 Å². The molecule has 0 saturated carbocycles. The molecule has 0 fully saturated rings. The summed E-state index contributed by atoms with van der Waals surface area (Å²) in [4.78, 5) is 0. The minimum atomic E-state index is -3.14. The monoisotopic (exact) mass is 277 g/mol. The number of sulfonamides is 1. The molecule has 0 aliphatic rings. The van der Waals surface area contributed by atoms with E-state index in [0.29, 0.717) is 17.4 Å². The average molecular weight is 278 g/mol. The van der Waals surface area contributed by atoms with Crippen molar-refractivity contribution in [1.29, 1.82) is 0 Å². The predicted molar refractivity (Wildman–Crippen MR) is 69.1 cm³/mol. The number of halogens is 1. The Bertz CT molecular complexity index is 474. The molecule has 0 radical (unpaired) electrons. The van der Waals surface area contributed by atoms with Gasteiger partial charge in [0.25, 0.3) is 0 Å². The smallest absolute Gasteiger partial charge is 0.211 e. The van der Waals surface area contributed by atoms with Gasteiger partial charge in [0.15, 0.2) is 0 Å². The van der Waals surface area contributed by atoms with Crippen LogP contribution in [0.4, 0.5) is 0 Å². The van der Waals surface area contributed by atoms with Crippen LogP contribution in [0.25, 0.3) is 0 Å². The highest BCUT2D eigenvalue weighted by Crippen LogP contribution is 2.21. The number of hydrogen-bond acceptors (Lipinski definition) is 3. The fourth-order valence-electron chi connectivity index (χ4n) is 1.23. The molecule has 0 saturated heterocycles. The van der Waals surface area contributed by atoms with Gasteiger partial charge in [-0.3, -0.25) is 0 Å². The summed E-state index contributed by atoms with van der Waals surface area (Å²) in [6.07, 6.45) is 0. The minimum Gasteiger partial charge on any atom is -0.492 e. The van der Waals surface area contributed by atoms with E-state index in [2.05, 4.69) is 4.72 Å². The topological polar surface area (TPSA) is 55.4 Å². The summed E-state index contributed by atoms with van der Waals surface area (Å²) in [7, 11) is -3.14. The van der Waals surface area contributed by atoms with Crippen molar-refractivity contribution in [3.8, 4) is 5.75 Å². The maximum atomic E-state index is 11.1. The maximum Gasteiger partial charge on any atom is 0.211 e. The summed E-state index contributed by atoms with van der Waals surface area (Å²) in [5.41, 5.74) is 0.927. The first-order chi connectivity index (χ1) is 7.94. The van der Waals surface area contributed by atoms with E-state index in [0.717, 1.165) is 5.56 Å². The molecule has 0 unspecified atom stereocenters. The molecule has 4 nitrogen and oxygen atoms in total. The molecule has 1 aromatic carbocycles. The third-order valence-electron chi connectivity index (χ3n) is 2.20. The van der Waals surface area contributed by atoms with E-state index < -0.39 is 10.0 Å². The quantitative estimate of drug-likeness (QED) is 0.809. The molecule has 0 heterocycles. The van der Waals surface area contributed by atoms with E-state index in [1.165, 1.54) is 0 Å². The Morgan fingerprint density at radius 3 is 2.71 bits per heavy atom. The molecule has 0 spiro atoms. The Balaban J connectivity index is 2.41. The number of ether oxygens (including phenoxy) is 1. The van der Waals surface area contributed by atoms with Gasteiger partial charge < -0.3 is 4.74 Å². The highest BCUT2D eigenvalue weighted by molar-refractivity contribution is 7.89. The SMILES string of the molecule is CCS(=O)(=O)NCCOc1ccc(Cl)cc1C. The zero-order valence-corrected chi connectivity index (χ0v) is 11.4. The van der Waals surface area contributed by atoms with Crippen molar-refractivity contribution < 1.29 is 13.2 Å². The van der Waals surface area contributed by atoms with Gasteiger partial charge >= 0.3 is 0 Å². The second kappa shape index (κ2) is 6.23. The third kappa shape index (κ3) is 4.93. The lowest BCUT2D eigenvalue weighted by atomic mass is 10.2. The Kier molecular flexibility index (Phi) is 5.24. The molecule has 1 rings (SSSR count). The standard InChI is InChI=1S/C11H16ClNO3S/c1-3-17(14,15)13-6-7-16-11-5-4-10(12)8-9(11)2/h4-5,8,13H,3,6-7H2,1-2H3. The first-order valence-corrected chi connectivity index (χ1v) is 7.34. The van der Waals surface area contributed by atoms with Crippen LogP contribution in [0.5, 0.6) is 5.75 Å². The second-order valence-corrected chi connectivity index (χ2v) is 6.09. The van der Waals surface area contributed by atoms with Crippen molar-refractivity contribution in [3.05, 3.63) is 28.8 Å². The van der Waals surface area contributed by atoms with Crippen LogP contribution in [0.2, 0.25) is 5.02 Å². The summed E-state index contributed by atoms with van der Waals surface area (Å²) in [5.74, 6) is 0.789. The third-order valence-corrected chi connectivity index (χ3v) is 3.84. The number of benzene rings is 1. The van der Waals surface area contributed by atoms with Crippen molar-refractivity contribution >= 4 is 21.6 Å². The van der Waals surface area contributed by atoms with E-state index in [1.807, 2.05) is 6.92 Å². The number of aryl methyl sites for hydroxylation is 1. The first kappa shape index (κ1) is 14.3. The highest BCUT2D eigenvalue weighted by atomic mass is 35.5. The summed E-state index contributed by atoms with van der Waals surface area (Å²) >= 11 is 5.81. The van der Waals surface area contributed by atoms with Gasteiger partial charge in [-0.2, -0.15) is 0 Å². The van der Waals surface area contributed by atoms with Crippen molar-refractivity contribution in [2.45, 2.75) is 13.8 Å². The zero-order valence-electron chi connectivity index (χ0n) is 9.86. The van der Waals surface area contributed by atoms with Crippen LogP contribution in [-0.4, -0.2) is 27.3 Å². The van der Waals surface area contributed by atoms with Gasteiger partial charge in [-0.15, -0.1) is 0 Å². The van der Waals surface area contributed by atoms with Crippen LogP contribution in [0.3, 0.4) is 0 Å². The van der Waals surface area contributed by atoms with Crippen molar-refractivity contribution in [3.63, 3.8) is 0 Å². The number of nitrogens with one attached hydrogen (secondary N) is 1. The molecule has 1 N–H and O–H groups in total. The van der Waals surface area contributed by atoms with Gasteiger partial charge in [-0.05, 0) is 37.6 Å². The summed E-state index contributed by atoms with van der Waals surface area (Å²) in [6, 6.07) is 5.30. The first-order valence-electron chi connectivity index (χ1n) is 5.31. The molecule has 0 aromatic heterocycles. The normalized spacial score (nSPS) is 11.5. The molecular formula is C11H16ClNO3S. The zero-order chi connectivity index (χ0) is 12.9. The Labute approximate surface area is 107 Å². The van der Waals surface area contributed by atoms with E-state index in [1.54, 1.807) is 25.1 Å². The molecular weight excluding hydrogens is 262 g/mol. The van der Waals surface area contributed by atoms with Crippen LogP contribution >= 0.6 is 11.6 Å². The van der Waals surface area contributed by atoms with Crippen LogP contribution < -0.4 is 9.46 Å². The molecule has 0 aliphatic carbocycles. The van der Waals surface area contributed by atoms with Gasteiger partial charge in [-0.25, -0.2) is 13.1 Å². The molecule has 0 bridgehead atoms. The molecule has 17 heavy (non-hydrogen) atoms. The minimum absolute atomic E-state index is 0.0764. The Morgan fingerprint density at radius 1 is 1.41 bits per heavy atom. The summed E-state index contributed by atoms with van der Waals surface area (Å²) < 4.78 is 30.2. The lowest BCUT2D eigenvalue weighted by Gasteiger charge is -2.09. The molecule has 96 valence electrons. The van der Waals surface area contributed by atoms with Gasteiger partial charge in [0.1, 0.15) is 12.4 Å². The van der Waals surface area contributed by atoms with Crippen LogP contribution in [-0.2, 0) is 10.0 Å². The molecule has 0 amide bonds. The van der Waals surface area contributed by atoms with Gasteiger partial charge in [-0.1, -0.05) is 11.6 Å². The highest BCUT2D eigenvalue weighted by Gasteiger charge is 2.05. The maximum absolute atomic E-state index is 11.1. The molecule has 0 aliphatic heterocycles. The number of rotatable bonds is 6. The predicted octanol–water partition coefficient (Wildman–Crippen LogP) is 1.97.